The monoisotopic (exact) mass is 380 g/mol. The van der Waals surface area contributed by atoms with Crippen LogP contribution in [0.4, 0.5) is 11.4 Å². The van der Waals surface area contributed by atoms with Crippen LogP contribution in [0.15, 0.2) is 24.3 Å². The van der Waals surface area contributed by atoms with Crippen molar-refractivity contribution in [2.75, 3.05) is 18.2 Å². The van der Waals surface area contributed by atoms with Gasteiger partial charge in [0.15, 0.2) is 0 Å². The summed E-state index contributed by atoms with van der Waals surface area (Å²) in [5.41, 5.74) is 11.2. The molecule has 0 unspecified atom stereocenters. The third-order valence-electron chi connectivity index (χ3n) is 4.45. The molecule has 146 valence electrons. The Kier molecular flexibility index (Phi) is 5.30. The summed E-state index contributed by atoms with van der Waals surface area (Å²) in [6.07, 6.45) is 0.189. The first-order valence-corrected chi connectivity index (χ1v) is 8.89. The molecule has 3 aromatic rings. The highest BCUT2D eigenvalue weighted by atomic mass is 16.5. The SMILES string of the molecule is COc1ccc(NC(=O)Cc2c(C)nn(-c3nc(C)cc(C)n3)c2C)cc1N. The number of amides is 1. The maximum absolute atomic E-state index is 12.6. The molecule has 0 fully saturated rings. The number of benzene rings is 1. The molecule has 8 heteroatoms. The first-order valence-electron chi connectivity index (χ1n) is 8.89. The highest BCUT2D eigenvalue weighted by molar-refractivity contribution is 5.93. The Morgan fingerprint density at radius 2 is 1.82 bits per heavy atom. The van der Waals surface area contributed by atoms with Crippen LogP contribution in [0.1, 0.15) is 28.3 Å². The average Bonchev–Trinajstić information content (AvgIpc) is 2.89. The van der Waals surface area contributed by atoms with Gasteiger partial charge >= 0.3 is 0 Å². The van der Waals surface area contributed by atoms with Crippen molar-refractivity contribution >= 4 is 17.3 Å². The number of aromatic nitrogens is 4. The van der Waals surface area contributed by atoms with E-state index in [2.05, 4.69) is 20.4 Å². The van der Waals surface area contributed by atoms with E-state index in [1.54, 1.807) is 30.0 Å². The van der Waals surface area contributed by atoms with Gasteiger partial charge in [0.2, 0.25) is 5.91 Å². The molecule has 3 rings (SSSR count). The van der Waals surface area contributed by atoms with E-state index in [9.17, 15) is 4.79 Å². The van der Waals surface area contributed by atoms with Crippen LogP contribution in [0, 0.1) is 27.7 Å². The van der Waals surface area contributed by atoms with Crippen molar-refractivity contribution in [2.45, 2.75) is 34.1 Å². The zero-order valence-electron chi connectivity index (χ0n) is 16.7. The lowest BCUT2D eigenvalue weighted by Crippen LogP contribution is -2.15. The number of methoxy groups -OCH3 is 1. The minimum absolute atomic E-state index is 0.156. The highest BCUT2D eigenvalue weighted by Gasteiger charge is 2.18. The number of carbonyl (C=O) groups excluding carboxylic acids is 1. The molecule has 8 nitrogen and oxygen atoms in total. The van der Waals surface area contributed by atoms with E-state index in [1.807, 2.05) is 33.8 Å². The molecule has 0 bridgehead atoms. The van der Waals surface area contributed by atoms with E-state index in [0.717, 1.165) is 28.3 Å². The predicted molar refractivity (Wildman–Crippen MR) is 108 cm³/mol. The molecule has 0 spiro atoms. The Hall–Kier alpha value is -3.42. The summed E-state index contributed by atoms with van der Waals surface area (Å²) in [5, 5.41) is 7.40. The van der Waals surface area contributed by atoms with Gasteiger partial charge in [-0.05, 0) is 52.0 Å². The van der Waals surface area contributed by atoms with Gasteiger partial charge in [-0.2, -0.15) is 5.10 Å². The van der Waals surface area contributed by atoms with E-state index >= 15 is 0 Å². The number of rotatable bonds is 5. The summed E-state index contributed by atoms with van der Waals surface area (Å²) < 4.78 is 6.82. The van der Waals surface area contributed by atoms with Crippen molar-refractivity contribution in [1.29, 1.82) is 0 Å². The minimum Gasteiger partial charge on any atom is -0.495 e. The van der Waals surface area contributed by atoms with E-state index in [1.165, 1.54) is 0 Å². The fourth-order valence-electron chi connectivity index (χ4n) is 3.11. The molecule has 0 saturated heterocycles. The van der Waals surface area contributed by atoms with Gasteiger partial charge in [-0.15, -0.1) is 0 Å². The van der Waals surface area contributed by atoms with E-state index in [4.69, 9.17) is 10.5 Å². The molecule has 0 radical (unpaired) electrons. The van der Waals surface area contributed by atoms with Crippen molar-refractivity contribution in [3.8, 4) is 11.7 Å². The van der Waals surface area contributed by atoms with Crippen LogP contribution < -0.4 is 15.8 Å². The first-order chi connectivity index (χ1) is 13.3. The summed E-state index contributed by atoms with van der Waals surface area (Å²) in [7, 11) is 1.55. The molecule has 0 aliphatic rings. The fraction of sp³-hybridized carbons (Fsp3) is 0.300. The van der Waals surface area contributed by atoms with Gasteiger partial charge in [0.1, 0.15) is 5.75 Å². The third-order valence-corrected chi connectivity index (χ3v) is 4.45. The van der Waals surface area contributed by atoms with Crippen LogP contribution in [-0.2, 0) is 11.2 Å². The summed E-state index contributed by atoms with van der Waals surface area (Å²) in [6, 6.07) is 7.05. The van der Waals surface area contributed by atoms with Crippen molar-refractivity contribution < 1.29 is 9.53 Å². The van der Waals surface area contributed by atoms with Gasteiger partial charge in [-0.1, -0.05) is 0 Å². The van der Waals surface area contributed by atoms with Gasteiger partial charge in [0, 0.05) is 28.3 Å². The number of nitrogens with zero attached hydrogens (tertiary/aromatic N) is 4. The lowest BCUT2D eigenvalue weighted by Gasteiger charge is -2.09. The predicted octanol–water partition coefficient (Wildman–Crippen LogP) is 2.67. The van der Waals surface area contributed by atoms with Crippen LogP contribution in [0.5, 0.6) is 5.75 Å². The number of hydrogen-bond donors (Lipinski definition) is 2. The zero-order chi connectivity index (χ0) is 20.4. The molecule has 0 saturated carbocycles. The van der Waals surface area contributed by atoms with Crippen molar-refractivity contribution in [2.24, 2.45) is 0 Å². The number of nitrogens with two attached hydrogens (primary N) is 1. The summed E-state index contributed by atoms with van der Waals surface area (Å²) in [6.45, 7) is 7.62. The van der Waals surface area contributed by atoms with Gasteiger partial charge in [0.25, 0.3) is 5.95 Å². The van der Waals surface area contributed by atoms with E-state index in [-0.39, 0.29) is 12.3 Å². The molecule has 1 amide bonds. The van der Waals surface area contributed by atoms with Crippen LogP contribution in [0.2, 0.25) is 0 Å². The molecule has 2 heterocycles. The summed E-state index contributed by atoms with van der Waals surface area (Å²) >= 11 is 0. The molecule has 2 aromatic heterocycles. The fourth-order valence-corrected chi connectivity index (χ4v) is 3.11. The average molecular weight is 380 g/mol. The van der Waals surface area contributed by atoms with Crippen molar-refractivity contribution in [3.63, 3.8) is 0 Å². The Balaban J connectivity index is 1.82. The van der Waals surface area contributed by atoms with E-state index < -0.39 is 0 Å². The van der Waals surface area contributed by atoms with Crippen LogP contribution in [0.25, 0.3) is 5.95 Å². The van der Waals surface area contributed by atoms with Gasteiger partial charge in [0.05, 0.1) is 24.9 Å². The number of carbonyl (C=O) groups is 1. The number of ether oxygens (including phenoxy) is 1. The summed E-state index contributed by atoms with van der Waals surface area (Å²) in [5.74, 6) is 0.920. The van der Waals surface area contributed by atoms with Crippen molar-refractivity contribution in [1.82, 2.24) is 19.7 Å². The number of anilines is 2. The number of aryl methyl sites for hydroxylation is 3. The minimum atomic E-state index is -0.156. The van der Waals surface area contributed by atoms with Gasteiger partial charge < -0.3 is 15.8 Å². The van der Waals surface area contributed by atoms with Gasteiger partial charge in [-0.25, -0.2) is 14.6 Å². The lowest BCUT2D eigenvalue weighted by atomic mass is 10.1. The highest BCUT2D eigenvalue weighted by Crippen LogP contribution is 2.25. The molecule has 28 heavy (non-hydrogen) atoms. The van der Waals surface area contributed by atoms with Crippen LogP contribution >= 0.6 is 0 Å². The molecule has 0 aliphatic carbocycles. The molecule has 3 N–H and O–H groups in total. The topological polar surface area (TPSA) is 108 Å². The molecule has 0 aliphatic heterocycles. The first kappa shape index (κ1) is 19.3. The summed E-state index contributed by atoms with van der Waals surface area (Å²) in [4.78, 5) is 21.5. The lowest BCUT2D eigenvalue weighted by molar-refractivity contribution is -0.115. The number of hydrogen-bond acceptors (Lipinski definition) is 6. The van der Waals surface area contributed by atoms with Gasteiger partial charge in [-0.3, -0.25) is 4.79 Å². The standard InChI is InChI=1S/C20H24N6O2/c1-11-8-12(2)23-20(22-11)26-14(4)16(13(3)25-26)10-19(27)24-15-6-7-18(28-5)17(21)9-15/h6-9H,10,21H2,1-5H3,(H,24,27). The quantitative estimate of drug-likeness (QED) is 0.659. The second-order valence-electron chi connectivity index (χ2n) is 6.69. The largest absolute Gasteiger partial charge is 0.495 e. The second kappa shape index (κ2) is 7.67. The van der Waals surface area contributed by atoms with Crippen LogP contribution in [0.3, 0.4) is 0 Å². The van der Waals surface area contributed by atoms with E-state index in [0.29, 0.717) is 23.1 Å². The Labute approximate surface area is 163 Å². The molecular formula is C20H24N6O2. The smallest absolute Gasteiger partial charge is 0.251 e. The number of nitrogen functional groups attached to an aromatic ring is 1. The molecule has 0 atom stereocenters. The number of nitrogens with one attached hydrogen (secondary N) is 1. The van der Waals surface area contributed by atoms with Crippen molar-refractivity contribution in [3.05, 3.63) is 52.6 Å². The Morgan fingerprint density at radius 3 is 2.43 bits per heavy atom. The molecular weight excluding hydrogens is 356 g/mol. The maximum atomic E-state index is 12.6. The maximum Gasteiger partial charge on any atom is 0.251 e. The normalized spacial score (nSPS) is 10.8. The molecule has 1 aromatic carbocycles. The Morgan fingerprint density at radius 1 is 1.14 bits per heavy atom. The third kappa shape index (κ3) is 3.95. The Bertz CT molecular complexity index is 1020. The zero-order valence-corrected chi connectivity index (χ0v) is 16.7. The van der Waals surface area contributed by atoms with Crippen LogP contribution in [-0.4, -0.2) is 32.8 Å². The second-order valence-corrected chi connectivity index (χ2v) is 6.69.